The summed E-state index contributed by atoms with van der Waals surface area (Å²) in [6, 6.07) is 0. The first-order valence-corrected chi connectivity index (χ1v) is 6.15. The number of alkyl halides is 3. The predicted molar refractivity (Wildman–Crippen MR) is 61.6 cm³/mol. The largest absolute Gasteiger partial charge is 0.479 e. The predicted octanol–water partition coefficient (Wildman–Crippen LogP) is 1.96. The summed E-state index contributed by atoms with van der Waals surface area (Å²) in [4.78, 5) is 35.0. The SMILES string of the molecule is CCC1(CC)CC(=O)N(C(C)(C(=O)O)C(F)(F)F)C1=O. The highest BCUT2D eigenvalue weighted by atomic mass is 19.4. The molecule has 1 atom stereocenters. The van der Waals surface area contributed by atoms with Crippen LogP contribution in [0.25, 0.3) is 0 Å². The number of hydrogen-bond donors (Lipinski definition) is 1. The Kier molecular flexibility index (Phi) is 3.91. The third-order valence-corrected chi connectivity index (χ3v) is 4.16. The van der Waals surface area contributed by atoms with E-state index in [-0.39, 0.29) is 17.7 Å². The van der Waals surface area contributed by atoms with Gasteiger partial charge in [0.05, 0.1) is 5.41 Å². The van der Waals surface area contributed by atoms with E-state index in [2.05, 4.69) is 0 Å². The molecule has 0 aromatic rings. The van der Waals surface area contributed by atoms with Crippen molar-refractivity contribution in [3.63, 3.8) is 0 Å². The molecule has 20 heavy (non-hydrogen) atoms. The molecular weight excluding hydrogens is 279 g/mol. The summed E-state index contributed by atoms with van der Waals surface area (Å²) in [6.07, 6.45) is -5.28. The molecule has 5 nitrogen and oxygen atoms in total. The molecule has 8 heteroatoms. The molecule has 1 rings (SSSR count). The maximum absolute atomic E-state index is 13.1. The van der Waals surface area contributed by atoms with Crippen molar-refractivity contribution in [2.75, 3.05) is 0 Å². The van der Waals surface area contributed by atoms with Gasteiger partial charge in [0.1, 0.15) is 0 Å². The minimum absolute atomic E-state index is 0.123. The van der Waals surface area contributed by atoms with Gasteiger partial charge < -0.3 is 5.11 Å². The molecule has 0 spiro atoms. The number of likely N-dealkylation sites (tertiary alicyclic amines) is 1. The Morgan fingerprint density at radius 1 is 1.30 bits per heavy atom. The zero-order valence-corrected chi connectivity index (χ0v) is 11.4. The zero-order chi connectivity index (χ0) is 15.9. The smallest absolute Gasteiger partial charge is 0.422 e. The van der Waals surface area contributed by atoms with Crippen LogP contribution in [0.1, 0.15) is 40.0 Å². The van der Waals surface area contributed by atoms with Crippen LogP contribution in [0, 0.1) is 5.41 Å². The van der Waals surface area contributed by atoms with Gasteiger partial charge in [-0.15, -0.1) is 0 Å². The van der Waals surface area contributed by atoms with Crippen LogP contribution in [0.4, 0.5) is 13.2 Å². The molecule has 0 aliphatic carbocycles. The van der Waals surface area contributed by atoms with E-state index in [9.17, 15) is 27.6 Å². The third-order valence-electron chi connectivity index (χ3n) is 4.16. The number of carbonyl (C=O) groups excluding carboxylic acids is 2. The number of halogens is 3. The van der Waals surface area contributed by atoms with Gasteiger partial charge in [0, 0.05) is 6.42 Å². The Bertz CT molecular complexity index is 456. The van der Waals surface area contributed by atoms with Crippen molar-refractivity contribution in [2.24, 2.45) is 5.41 Å². The lowest BCUT2D eigenvalue weighted by atomic mass is 9.80. The van der Waals surface area contributed by atoms with Gasteiger partial charge in [0.15, 0.2) is 0 Å². The first-order valence-electron chi connectivity index (χ1n) is 6.15. The second kappa shape index (κ2) is 4.75. The number of rotatable bonds is 4. The number of amides is 2. The molecule has 0 bridgehead atoms. The highest BCUT2D eigenvalue weighted by Gasteiger charge is 2.68. The van der Waals surface area contributed by atoms with Crippen LogP contribution in [0.2, 0.25) is 0 Å². The lowest BCUT2D eigenvalue weighted by Crippen LogP contribution is -2.64. The van der Waals surface area contributed by atoms with E-state index in [0.717, 1.165) is 0 Å². The van der Waals surface area contributed by atoms with Crippen molar-refractivity contribution >= 4 is 17.8 Å². The van der Waals surface area contributed by atoms with Crippen molar-refractivity contribution in [1.82, 2.24) is 4.90 Å². The summed E-state index contributed by atoms with van der Waals surface area (Å²) in [5, 5.41) is 8.91. The molecule has 1 N–H and O–H groups in total. The minimum atomic E-state index is -5.25. The Balaban J connectivity index is 3.42. The molecule has 1 aliphatic rings. The molecular formula is C12H16F3NO4. The van der Waals surface area contributed by atoms with Crippen molar-refractivity contribution < 1.29 is 32.7 Å². The average molecular weight is 295 g/mol. The van der Waals surface area contributed by atoms with Gasteiger partial charge in [-0.05, 0) is 19.8 Å². The van der Waals surface area contributed by atoms with Gasteiger partial charge in [-0.25, -0.2) is 4.79 Å². The van der Waals surface area contributed by atoms with Gasteiger partial charge in [-0.3, -0.25) is 14.5 Å². The fraction of sp³-hybridized carbons (Fsp3) is 0.750. The summed E-state index contributed by atoms with van der Waals surface area (Å²) in [7, 11) is 0. The molecule has 1 unspecified atom stereocenters. The Morgan fingerprint density at radius 2 is 1.75 bits per heavy atom. The van der Waals surface area contributed by atoms with Crippen LogP contribution in [0.5, 0.6) is 0 Å². The summed E-state index contributed by atoms with van der Waals surface area (Å²) in [5.74, 6) is -4.43. The lowest BCUT2D eigenvalue weighted by molar-refractivity contribution is -0.231. The van der Waals surface area contributed by atoms with Crippen molar-refractivity contribution in [1.29, 1.82) is 0 Å². The second-order valence-corrected chi connectivity index (χ2v) is 5.07. The number of carboxylic acid groups (broad SMARTS) is 1. The topological polar surface area (TPSA) is 74.7 Å². The number of hydrogen-bond acceptors (Lipinski definition) is 3. The monoisotopic (exact) mass is 295 g/mol. The zero-order valence-electron chi connectivity index (χ0n) is 11.4. The molecule has 0 saturated carbocycles. The Morgan fingerprint density at radius 3 is 2.00 bits per heavy atom. The summed E-state index contributed by atoms with van der Waals surface area (Å²) in [6.45, 7) is 3.51. The van der Waals surface area contributed by atoms with Crippen molar-refractivity contribution in [3.05, 3.63) is 0 Å². The Hall–Kier alpha value is -1.60. The summed E-state index contributed by atoms with van der Waals surface area (Å²) < 4.78 is 39.3. The van der Waals surface area contributed by atoms with E-state index in [4.69, 9.17) is 5.11 Å². The van der Waals surface area contributed by atoms with E-state index in [0.29, 0.717) is 6.92 Å². The minimum Gasteiger partial charge on any atom is -0.479 e. The molecule has 1 fully saturated rings. The molecule has 0 aromatic heterocycles. The normalized spacial score (nSPS) is 22.0. The molecule has 1 aliphatic heterocycles. The summed E-state index contributed by atoms with van der Waals surface area (Å²) in [5.41, 5.74) is -4.77. The van der Waals surface area contributed by atoms with Gasteiger partial charge in [0.25, 0.3) is 0 Å². The average Bonchev–Trinajstić information content (AvgIpc) is 2.59. The highest BCUT2D eigenvalue weighted by molar-refractivity contribution is 6.09. The number of aliphatic carboxylic acids is 1. The molecule has 2 amide bonds. The fourth-order valence-corrected chi connectivity index (χ4v) is 2.39. The molecule has 114 valence electrons. The quantitative estimate of drug-likeness (QED) is 0.804. The van der Waals surface area contributed by atoms with Gasteiger partial charge in [-0.2, -0.15) is 13.2 Å². The van der Waals surface area contributed by atoms with E-state index in [1.807, 2.05) is 0 Å². The van der Waals surface area contributed by atoms with E-state index in [1.165, 1.54) is 0 Å². The number of nitrogens with zero attached hydrogens (tertiary/aromatic N) is 1. The molecule has 0 aromatic carbocycles. The van der Waals surface area contributed by atoms with E-state index < -0.39 is 41.3 Å². The van der Waals surface area contributed by atoms with Gasteiger partial charge in [0.2, 0.25) is 17.4 Å². The number of carbonyl (C=O) groups is 3. The third kappa shape index (κ3) is 1.97. The number of carboxylic acids is 1. The van der Waals surface area contributed by atoms with Crippen LogP contribution < -0.4 is 0 Å². The number of imide groups is 1. The standard InChI is InChI=1S/C12H16F3NO4/c1-4-11(5-2)6-7(17)16(8(11)18)10(3,9(19)20)12(13,14)15/h4-6H2,1-3H3,(H,19,20). The molecule has 1 saturated heterocycles. The van der Waals surface area contributed by atoms with E-state index in [1.54, 1.807) is 13.8 Å². The van der Waals surface area contributed by atoms with Crippen molar-refractivity contribution in [3.8, 4) is 0 Å². The van der Waals surface area contributed by atoms with Crippen LogP contribution >= 0.6 is 0 Å². The molecule has 0 radical (unpaired) electrons. The van der Waals surface area contributed by atoms with E-state index >= 15 is 0 Å². The maximum Gasteiger partial charge on any atom is 0.422 e. The lowest BCUT2D eigenvalue weighted by Gasteiger charge is -2.36. The van der Waals surface area contributed by atoms with Crippen LogP contribution in [-0.2, 0) is 14.4 Å². The van der Waals surface area contributed by atoms with Crippen LogP contribution in [0.3, 0.4) is 0 Å². The summed E-state index contributed by atoms with van der Waals surface area (Å²) >= 11 is 0. The molecule has 1 heterocycles. The Labute approximate surface area is 113 Å². The first-order chi connectivity index (χ1) is 8.98. The van der Waals surface area contributed by atoms with Crippen LogP contribution in [0.15, 0.2) is 0 Å². The fourth-order valence-electron chi connectivity index (χ4n) is 2.39. The first kappa shape index (κ1) is 16.5. The second-order valence-electron chi connectivity index (χ2n) is 5.07. The van der Waals surface area contributed by atoms with Crippen LogP contribution in [-0.4, -0.2) is 39.5 Å². The van der Waals surface area contributed by atoms with Crippen molar-refractivity contribution in [2.45, 2.75) is 51.7 Å². The van der Waals surface area contributed by atoms with Gasteiger partial charge >= 0.3 is 12.1 Å². The van der Waals surface area contributed by atoms with Gasteiger partial charge in [-0.1, -0.05) is 13.8 Å². The maximum atomic E-state index is 13.1. The highest BCUT2D eigenvalue weighted by Crippen LogP contribution is 2.46.